The summed E-state index contributed by atoms with van der Waals surface area (Å²) >= 11 is 0. The van der Waals surface area contributed by atoms with E-state index < -0.39 is 0 Å². The highest BCUT2D eigenvalue weighted by Gasteiger charge is 2.18. The van der Waals surface area contributed by atoms with E-state index in [1.807, 2.05) is 24.3 Å². The van der Waals surface area contributed by atoms with Crippen LogP contribution in [0.15, 0.2) is 30.3 Å². The van der Waals surface area contributed by atoms with Crippen molar-refractivity contribution in [3.63, 3.8) is 0 Å². The monoisotopic (exact) mass is 260 g/mol. The van der Waals surface area contributed by atoms with Crippen LogP contribution in [0, 0.1) is 0 Å². The lowest BCUT2D eigenvalue weighted by Crippen LogP contribution is -2.32. The highest BCUT2D eigenvalue weighted by molar-refractivity contribution is 5.91. The first-order chi connectivity index (χ1) is 9.15. The van der Waals surface area contributed by atoms with Crippen molar-refractivity contribution in [2.45, 2.75) is 18.9 Å². The molecule has 0 radical (unpaired) electrons. The van der Waals surface area contributed by atoms with Crippen molar-refractivity contribution in [3.05, 3.63) is 35.9 Å². The normalized spacial score (nSPS) is 18.9. The van der Waals surface area contributed by atoms with Gasteiger partial charge in [0.1, 0.15) is 0 Å². The number of rotatable bonds is 4. The van der Waals surface area contributed by atoms with Crippen LogP contribution in [0.5, 0.6) is 0 Å². The van der Waals surface area contributed by atoms with Gasteiger partial charge < -0.3 is 15.4 Å². The Balaban J connectivity index is 1.88. The van der Waals surface area contributed by atoms with Gasteiger partial charge in [-0.1, -0.05) is 12.1 Å². The van der Waals surface area contributed by atoms with E-state index in [1.54, 1.807) is 24.1 Å². The van der Waals surface area contributed by atoms with Gasteiger partial charge in [-0.15, -0.1) is 0 Å². The zero-order valence-electron chi connectivity index (χ0n) is 11.2. The molecule has 0 aliphatic carbocycles. The highest BCUT2D eigenvalue weighted by atomic mass is 16.5. The third-order valence-electron chi connectivity index (χ3n) is 3.21. The molecule has 1 aliphatic heterocycles. The smallest absolute Gasteiger partial charge is 0.246 e. The average Bonchev–Trinajstić information content (AvgIpc) is 2.89. The van der Waals surface area contributed by atoms with Crippen LogP contribution in [0.4, 0.5) is 5.69 Å². The van der Waals surface area contributed by atoms with Gasteiger partial charge >= 0.3 is 0 Å². The molecule has 1 amide bonds. The summed E-state index contributed by atoms with van der Waals surface area (Å²) in [6, 6.07) is 7.45. The maximum Gasteiger partial charge on any atom is 0.246 e. The number of hydrogen-bond acceptors (Lipinski definition) is 3. The molecule has 0 saturated carbocycles. The predicted molar refractivity (Wildman–Crippen MR) is 76.5 cm³/mol. The molecule has 0 bridgehead atoms. The molecule has 1 atom stereocenters. The Morgan fingerprint density at radius 3 is 3.11 bits per heavy atom. The molecular weight excluding hydrogens is 240 g/mol. The van der Waals surface area contributed by atoms with E-state index in [2.05, 4.69) is 0 Å². The lowest BCUT2D eigenvalue weighted by molar-refractivity contribution is -0.126. The van der Waals surface area contributed by atoms with Gasteiger partial charge in [0.05, 0.1) is 6.10 Å². The lowest BCUT2D eigenvalue weighted by Gasteiger charge is -2.19. The molecule has 1 saturated heterocycles. The Bertz CT molecular complexity index is 465. The molecule has 0 aromatic heterocycles. The van der Waals surface area contributed by atoms with E-state index in [-0.39, 0.29) is 12.0 Å². The molecule has 1 heterocycles. The summed E-state index contributed by atoms with van der Waals surface area (Å²) in [5, 5.41) is 0. The van der Waals surface area contributed by atoms with Crippen molar-refractivity contribution >= 4 is 17.7 Å². The highest BCUT2D eigenvalue weighted by Crippen LogP contribution is 2.13. The molecule has 19 heavy (non-hydrogen) atoms. The summed E-state index contributed by atoms with van der Waals surface area (Å²) in [7, 11) is 1.80. The van der Waals surface area contributed by atoms with Gasteiger partial charge in [0, 0.05) is 32.0 Å². The fourth-order valence-corrected chi connectivity index (χ4v) is 2.14. The standard InChI is InChI=1S/C15H20N2O2/c1-17(11-14-6-3-9-19-14)15(18)8-7-12-4-2-5-13(16)10-12/h2,4-5,7-8,10,14H,3,6,9,11,16H2,1H3/b8-7+. The number of benzene rings is 1. The van der Waals surface area contributed by atoms with E-state index in [9.17, 15) is 4.79 Å². The van der Waals surface area contributed by atoms with Gasteiger partial charge in [-0.2, -0.15) is 0 Å². The number of nitrogen functional groups attached to an aromatic ring is 1. The lowest BCUT2D eigenvalue weighted by atomic mass is 10.2. The number of likely N-dealkylation sites (N-methyl/N-ethyl adjacent to an activating group) is 1. The summed E-state index contributed by atoms with van der Waals surface area (Å²) in [4.78, 5) is 13.6. The van der Waals surface area contributed by atoms with Crippen LogP contribution in [0.25, 0.3) is 6.08 Å². The zero-order chi connectivity index (χ0) is 13.7. The average molecular weight is 260 g/mol. The number of nitrogens with two attached hydrogens (primary N) is 1. The second-order valence-electron chi connectivity index (χ2n) is 4.86. The van der Waals surface area contributed by atoms with E-state index in [4.69, 9.17) is 10.5 Å². The molecule has 1 aromatic carbocycles. The van der Waals surface area contributed by atoms with Crippen molar-refractivity contribution < 1.29 is 9.53 Å². The van der Waals surface area contributed by atoms with E-state index in [1.165, 1.54) is 0 Å². The molecule has 1 unspecified atom stereocenters. The van der Waals surface area contributed by atoms with Crippen molar-refractivity contribution in [3.8, 4) is 0 Å². The quantitative estimate of drug-likeness (QED) is 0.664. The van der Waals surface area contributed by atoms with Crippen LogP contribution in [-0.2, 0) is 9.53 Å². The minimum absolute atomic E-state index is 0.0158. The number of carbonyl (C=O) groups is 1. The topological polar surface area (TPSA) is 55.6 Å². The number of hydrogen-bond donors (Lipinski definition) is 1. The van der Waals surface area contributed by atoms with Gasteiger partial charge in [0.25, 0.3) is 0 Å². The molecule has 4 nitrogen and oxygen atoms in total. The minimum Gasteiger partial charge on any atom is -0.399 e. The number of amides is 1. The van der Waals surface area contributed by atoms with Gasteiger partial charge in [-0.05, 0) is 36.6 Å². The Kier molecular flexibility index (Phi) is 4.58. The number of anilines is 1. The van der Waals surface area contributed by atoms with Crippen LogP contribution in [0.2, 0.25) is 0 Å². The number of carbonyl (C=O) groups excluding carboxylic acids is 1. The second kappa shape index (κ2) is 6.38. The molecule has 102 valence electrons. The fraction of sp³-hybridized carbons (Fsp3) is 0.400. The minimum atomic E-state index is -0.0158. The molecule has 0 spiro atoms. The van der Waals surface area contributed by atoms with Crippen LogP contribution < -0.4 is 5.73 Å². The Morgan fingerprint density at radius 1 is 1.58 bits per heavy atom. The SMILES string of the molecule is CN(CC1CCCO1)C(=O)/C=C/c1cccc(N)c1. The summed E-state index contributed by atoms with van der Waals surface area (Å²) in [6.45, 7) is 1.46. The third-order valence-corrected chi connectivity index (χ3v) is 3.21. The number of nitrogens with zero attached hydrogens (tertiary/aromatic N) is 1. The molecular formula is C15H20N2O2. The predicted octanol–water partition coefficient (Wildman–Crippen LogP) is 1.92. The molecule has 2 N–H and O–H groups in total. The van der Waals surface area contributed by atoms with Crippen LogP contribution in [0.1, 0.15) is 18.4 Å². The van der Waals surface area contributed by atoms with Crippen LogP contribution in [0.3, 0.4) is 0 Å². The summed E-state index contributed by atoms with van der Waals surface area (Å²) in [5.41, 5.74) is 7.31. The summed E-state index contributed by atoms with van der Waals surface area (Å²) in [6.07, 6.45) is 5.67. The summed E-state index contributed by atoms with van der Waals surface area (Å²) < 4.78 is 5.52. The van der Waals surface area contributed by atoms with Crippen LogP contribution >= 0.6 is 0 Å². The first-order valence-electron chi connectivity index (χ1n) is 6.55. The van der Waals surface area contributed by atoms with Gasteiger partial charge in [-0.25, -0.2) is 0 Å². The molecule has 1 aromatic rings. The molecule has 1 fully saturated rings. The summed E-state index contributed by atoms with van der Waals surface area (Å²) in [5.74, 6) is -0.0158. The maximum absolute atomic E-state index is 11.9. The Labute approximate surface area is 113 Å². The van der Waals surface area contributed by atoms with Crippen molar-refractivity contribution in [2.75, 3.05) is 25.9 Å². The fourth-order valence-electron chi connectivity index (χ4n) is 2.14. The largest absolute Gasteiger partial charge is 0.399 e. The Morgan fingerprint density at radius 2 is 2.42 bits per heavy atom. The van der Waals surface area contributed by atoms with E-state index >= 15 is 0 Å². The maximum atomic E-state index is 11.9. The van der Waals surface area contributed by atoms with Gasteiger partial charge in [-0.3, -0.25) is 4.79 Å². The third kappa shape index (κ3) is 4.10. The van der Waals surface area contributed by atoms with Crippen molar-refractivity contribution in [1.82, 2.24) is 4.90 Å². The van der Waals surface area contributed by atoms with Crippen molar-refractivity contribution in [2.24, 2.45) is 0 Å². The number of ether oxygens (including phenoxy) is 1. The first-order valence-corrected chi connectivity index (χ1v) is 6.55. The van der Waals surface area contributed by atoms with Gasteiger partial charge in [0.2, 0.25) is 5.91 Å². The molecule has 2 rings (SSSR count). The van der Waals surface area contributed by atoms with E-state index in [0.29, 0.717) is 12.2 Å². The van der Waals surface area contributed by atoms with Crippen LogP contribution in [-0.4, -0.2) is 37.1 Å². The molecule has 4 heteroatoms. The molecule has 1 aliphatic rings. The van der Waals surface area contributed by atoms with Crippen molar-refractivity contribution in [1.29, 1.82) is 0 Å². The first kappa shape index (κ1) is 13.6. The Hall–Kier alpha value is -1.81. The second-order valence-corrected chi connectivity index (χ2v) is 4.86. The zero-order valence-corrected chi connectivity index (χ0v) is 11.2. The van der Waals surface area contributed by atoms with E-state index in [0.717, 1.165) is 25.0 Å². The van der Waals surface area contributed by atoms with Gasteiger partial charge in [0.15, 0.2) is 0 Å².